The highest BCUT2D eigenvalue weighted by molar-refractivity contribution is 6.07. The molecule has 1 N–H and O–H groups in total. The number of nitrogens with one attached hydrogen (secondary N) is 1. The smallest absolute Gasteiger partial charge is 0.276 e. The first kappa shape index (κ1) is 20.1. The summed E-state index contributed by atoms with van der Waals surface area (Å²) in [6.45, 7) is 4.37. The number of hydrogen-bond acceptors (Lipinski definition) is 4. The largest absolute Gasteiger partial charge is 0.497 e. The molecular formula is C23H23N3O3. The van der Waals surface area contributed by atoms with Crippen molar-refractivity contribution in [2.24, 2.45) is 0 Å². The molecule has 1 heterocycles. The maximum Gasteiger partial charge on any atom is 0.276 e. The van der Waals surface area contributed by atoms with E-state index < -0.39 is 5.91 Å². The van der Waals surface area contributed by atoms with Gasteiger partial charge in [0.2, 0.25) is 0 Å². The Kier molecular flexibility index (Phi) is 6.24. The molecule has 0 saturated heterocycles. The Morgan fingerprint density at radius 3 is 2.45 bits per heavy atom. The second-order valence-corrected chi connectivity index (χ2v) is 6.48. The average Bonchev–Trinajstić information content (AvgIpc) is 2.74. The first-order valence-electron chi connectivity index (χ1n) is 9.33. The van der Waals surface area contributed by atoms with E-state index in [-0.39, 0.29) is 17.3 Å². The van der Waals surface area contributed by atoms with Crippen LogP contribution in [-0.4, -0.2) is 30.5 Å². The predicted molar refractivity (Wildman–Crippen MR) is 114 cm³/mol. The molecule has 6 nitrogen and oxygen atoms in total. The van der Waals surface area contributed by atoms with E-state index >= 15 is 0 Å². The lowest BCUT2D eigenvalue weighted by molar-refractivity contribution is 0.0983. The number of benzene rings is 2. The number of pyridine rings is 1. The monoisotopic (exact) mass is 389 g/mol. The number of ether oxygens (including phenoxy) is 1. The number of amides is 2. The van der Waals surface area contributed by atoms with E-state index in [1.54, 1.807) is 54.5 Å². The fourth-order valence-electron chi connectivity index (χ4n) is 2.95. The van der Waals surface area contributed by atoms with Gasteiger partial charge in [0.25, 0.3) is 11.8 Å². The summed E-state index contributed by atoms with van der Waals surface area (Å²) < 4.78 is 5.16. The van der Waals surface area contributed by atoms with Gasteiger partial charge in [0, 0.05) is 24.0 Å². The van der Waals surface area contributed by atoms with E-state index in [0.717, 1.165) is 11.3 Å². The second-order valence-electron chi connectivity index (χ2n) is 6.48. The fraction of sp³-hybridized carbons (Fsp3) is 0.174. The number of hydrogen-bond donors (Lipinski definition) is 1. The van der Waals surface area contributed by atoms with Gasteiger partial charge in [-0.1, -0.05) is 24.3 Å². The van der Waals surface area contributed by atoms with Gasteiger partial charge in [-0.25, -0.2) is 4.98 Å². The van der Waals surface area contributed by atoms with Gasteiger partial charge in [-0.3, -0.25) is 9.59 Å². The summed E-state index contributed by atoms with van der Waals surface area (Å²) in [6, 6.07) is 19.6. The van der Waals surface area contributed by atoms with Crippen LogP contribution in [0, 0.1) is 6.92 Å². The summed E-state index contributed by atoms with van der Waals surface area (Å²) >= 11 is 0. The standard InChI is InChI=1S/C23H23N3O3/c1-4-26(18-10-5-8-16(2)14-18)23(28)21-13-7-12-20(25-21)22(27)24-17-9-6-11-19(15-17)29-3/h5-15H,4H2,1-3H3,(H,24,27). The van der Waals surface area contributed by atoms with Crippen LogP contribution in [0.25, 0.3) is 0 Å². The topological polar surface area (TPSA) is 71.5 Å². The fourth-order valence-corrected chi connectivity index (χ4v) is 2.95. The van der Waals surface area contributed by atoms with E-state index in [1.807, 2.05) is 38.1 Å². The van der Waals surface area contributed by atoms with E-state index in [9.17, 15) is 9.59 Å². The molecule has 3 rings (SSSR count). The first-order chi connectivity index (χ1) is 14.0. The van der Waals surface area contributed by atoms with Crippen molar-refractivity contribution in [3.05, 3.63) is 83.7 Å². The van der Waals surface area contributed by atoms with Crippen LogP contribution in [0.1, 0.15) is 33.5 Å². The van der Waals surface area contributed by atoms with Gasteiger partial charge in [-0.05, 0) is 55.8 Å². The second kappa shape index (κ2) is 9.01. The van der Waals surface area contributed by atoms with Crippen LogP contribution in [0.3, 0.4) is 0 Å². The highest BCUT2D eigenvalue weighted by Crippen LogP contribution is 2.19. The lowest BCUT2D eigenvalue weighted by atomic mass is 10.2. The summed E-state index contributed by atoms with van der Waals surface area (Å²) in [6.07, 6.45) is 0. The number of carbonyl (C=O) groups excluding carboxylic acids is 2. The van der Waals surface area contributed by atoms with Gasteiger partial charge in [0.05, 0.1) is 7.11 Å². The first-order valence-corrected chi connectivity index (χ1v) is 9.33. The Balaban J connectivity index is 1.82. The minimum atomic E-state index is -0.397. The zero-order valence-electron chi connectivity index (χ0n) is 16.7. The molecule has 0 spiro atoms. The van der Waals surface area contributed by atoms with Crippen molar-refractivity contribution in [3.8, 4) is 5.75 Å². The van der Waals surface area contributed by atoms with Crippen LogP contribution < -0.4 is 15.0 Å². The molecule has 2 amide bonds. The molecule has 0 unspecified atom stereocenters. The van der Waals surface area contributed by atoms with Crippen LogP contribution >= 0.6 is 0 Å². The van der Waals surface area contributed by atoms with Gasteiger partial charge >= 0.3 is 0 Å². The van der Waals surface area contributed by atoms with Gasteiger partial charge in [-0.15, -0.1) is 0 Å². The molecule has 148 valence electrons. The zero-order valence-corrected chi connectivity index (χ0v) is 16.7. The molecule has 2 aromatic carbocycles. The highest BCUT2D eigenvalue weighted by Gasteiger charge is 2.19. The highest BCUT2D eigenvalue weighted by atomic mass is 16.5. The third kappa shape index (κ3) is 4.79. The van der Waals surface area contributed by atoms with Crippen molar-refractivity contribution in [1.82, 2.24) is 4.98 Å². The van der Waals surface area contributed by atoms with E-state index in [0.29, 0.717) is 18.0 Å². The molecule has 0 aliphatic carbocycles. The van der Waals surface area contributed by atoms with Gasteiger partial charge < -0.3 is 15.0 Å². The zero-order chi connectivity index (χ0) is 20.8. The maximum absolute atomic E-state index is 13.0. The quantitative estimate of drug-likeness (QED) is 0.682. The number of aryl methyl sites for hydroxylation is 1. The SMILES string of the molecule is CCN(C(=O)c1cccc(C(=O)Nc2cccc(OC)c2)n1)c1cccc(C)c1. The van der Waals surface area contributed by atoms with Crippen molar-refractivity contribution < 1.29 is 14.3 Å². The van der Waals surface area contributed by atoms with E-state index in [4.69, 9.17) is 4.74 Å². The molecule has 29 heavy (non-hydrogen) atoms. The van der Waals surface area contributed by atoms with Crippen LogP contribution in [-0.2, 0) is 0 Å². The number of methoxy groups -OCH3 is 1. The molecule has 0 atom stereocenters. The summed E-state index contributed by atoms with van der Waals surface area (Å²) in [7, 11) is 1.56. The molecule has 0 aliphatic heterocycles. The minimum Gasteiger partial charge on any atom is -0.497 e. The summed E-state index contributed by atoms with van der Waals surface area (Å²) in [5.41, 5.74) is 2.83. The minimum absolute atomic E-state index is 0.166. The van der Waals surface area contributed by atoms with Crippen LogP contribution in [0.2, 0.25) is 0 Å². The van der Waals surface area contributed by atoms with Crippen molar-refractivity contribution in [2.45, 2.75) is 13.8 Å². The predicted octanol–water partition coefficient (Wildman–Crippen LogP) is 4.32. The van der Waals surface area contributed by atoms with E-state index in [1.165, 1.54) is 0 Å². The molecule has 0 saturated carbocycles. The van der Waals surface area contributed by atoms with Crippen molar-refractivity contribution in [3.63, 3.8) is 0 Å². The molecule has 1 aromatic heterocycles. The van der Waals surface area contributed by atoms with Gasteiger partial charge in [0.15, 0.2) is 0 Å². The number of anilines is 2. The summed E-state index contributed by atoms with van der Waals surface area (Å²) in [5, 5.41) is 2.78. The molecule has 0 bridgehead atoms. The number of carbonyl (C=O) groups is 2. The summed E-state index contributed by atoms with van der Waals surface area (Å²) in [4.78, 5) is 31.6. The van der Waals surface area contributed by atoms with Crippen molar-refractivity contribution in [2.75, 3.05) is 23.9 Å². The Labute approximate surface area is 170 Å². The Bertz CT molecular complexity index is 1030. The molecule has 0 aliphatic rings. The third-order valence-corrected chi connectivity index (χ3v) is 4.40. The summed E-state index contributed by atoms with van der Waals surface area (Å²) in [5.74, 6) is -0.0166. The molecular weight excluding hydrogens is 366 g/mol. The lowest BCUT2D eigenvalue weighted by Crippen LogP contribution is -2.31. The average molecular weight is 389 g/mol. The third-order valence-electron chi connectivity index (χ3n) is 4.40. The van der Waals surface area contributed by atoms with Gasteiger partial charge in [-0.2, -0.15) is 0 Å². The van der Waals surface area contributed by atoms with Crippen molar-refractivity contribution >= 4 is 23.2 Å². The molecule has 6 heteroatoms. The Morgan fingerprint density at radius 2 is 1.72 bits per heavy atom. The Morgan fingerprint density at radius 1 is 1.00 bits per heavy atom. The number of aromatic nitrogens is 1. The normalized spacial score (nSPS) is 10.3. The van der Waals surface area contributed by atoms with Gasteiger partial charge in [0.1, 0.15) is 17.1 Å². The lowest BCUT2D eigenvalue weighted by Gasteiger charge is -2.21. The molecule has 0 radical (unpaired) electrons. The van der Waals surface area contributed by atoms with Crippen LogP contribution in [0.15, 0.2) is 66.7 Å². The Hall–Kier alpha value is -3.67. The van der Waals surface area contributed by atoms with E-state index in [2.05, 4.69) is 10.3 Å². The number of rotatable bonds is 6. The maximum atomic E-state index is 13.0. The van der Waals surface area contributed by atoms with Crippen LogP contribution in [0.4, 0.5) is 11.4 Å². The number of nitrogens with zero attached hydrogens (tertiary/aromatic N) is 2. The molecule has 3 aromatic rings. The van der Waals surface area contributed by atoms with Crippen molar-refractivity contribution in [1.29, 1.82) is 0 Å². The van der Waals surface area contributed by atoms with Crippen LogP contribution in [0.5, 0.6) is 5.75 Å². The molecule has 0 fully saturated rings.